The molecule has 0 bridgehead atoms. The molecular weight excluding hydrogens is 371 g/mol. The number of aryl methyl sites for hydroxylation is 1. The van der Waals surface area contributed by atoms with E-state index in [-0.39, 0.29) is 12.4 Å². The van der Waals surface area contributed by atoms with Crippen molar-refractivity contribution in [3.63, 3.8) is 0 Å². The van der Waals surface area contributed by atoms with Crippen LogP contribution in [0, 0.1) is 0 Å². The van der Waals surface area contributed by atoms with Crippen LogP contribution in [-0.2, 0) is 17.6 Å². The Hall–Kier alpha value is -1.76. The lowest BCUT2D eigenvalue weighted by Crippen LogP contribution is -2.22. The molecule has 5 nitrogen and oxygen atoms in total. The summed E-state index contributed by atoms with van der Waals surface area (Å²) in [6.07, 6.45) is 2.72. The van der Waals surface area contributed by atoms with Gasteiger partial charge < -0.3 is 15.8 Å². The Bertz CT molecular complexity index is 800. The van der Waals surface area contributed by atoms with Gasteiger partial charge in [0.25, 0.3) is 11.8 Å². The van der Waals surface area contributed by atoms with Crippen molar-refractivity contribution in [2.24, 2.45) is 5.73 Å². The van der Waals surface area contributed by atoms with E-state index in [4.69, 9.17) is 33.7 Å². The molecule has 1 heterocycles. The lowest BCUT2D eigenvalue weighted by Gasteiger charge is -2.10. The van der Waals surface area contributed by atoms with Gasteiger partial charge in [0.1, 0.15) is 5.00 Å². The van der Waals surface area contributed by atoms with Gasteiger partial charge in [-0.05, 0) is 37.0 Å². The van der Waals surface area contributed by atoms with E-state index in [0.29, 0.717) is 20.6 Å². The molecule has 0 saturated carbocycles. The van der Waals surface area contributed by atoms with Crippen molar-refractivity contribution in [3.8, 4) is 5.75 Å². The van der Waals surface area contributed by atoms with E-state index >= 15 is 0 Å². The summed E-state index contributed by atoms with van der Waals surface area (Å²) in [5.41, 5.74) is 6.83. The van der Waals surface area contributed by atoms with Crippen LogP contribution in [0.4, 0.5) is 5.00 Å². The highest BCUT2D eigenvalue weighted by atomic mass is 35.5. The summed E-state index contributed by atoms with van der Waals surface area (Å²) in [5.74, 6) is -0.687. The third-order valence-corrected chi connectivity index (χ3v) is 5.49. The molecule has 1 aromatic heterocycles. The van der Waals surface area contributed by atoms with Crippen molar-refractivity contribution in [1.29, 1.82) is 0 Å². The fraction of sp³-hybridized carbons (Fsp3) is 0.250. The number of para-hydroxylation sites is 1. The summed E-state index contributed by atoms with van der Waals surface area (Å²) >= 11 is 13.4. The fourth-order valence-corrected chi connectivity index (χ4v) is 4.49. The van der Waals surface area contributed by atoms with Crippen molar-refractivity contribution in [2.75, 3.05) is 11.9 Å². The number of thiophene rings is 1. The number of nitrogens with one attached hydrogen (secondary N) is 1. The molecule has 0 unspecified atom stereocenters. The predicted octanol–water partition coefficient (Wildman–Crippen LogP) is 3.66. The van der Waals surface area contributed by atoms with E-state index in [0.717, 1.165) is 29.7 Å². The first-order valence-corrected chi connectivity index (χ1v) is 8.85. The van der Waals surface area contributed by atoms with Crippen molar-refractivity contribution < 1.29 is 14.3 Å². The number of anilines is 1. The smallest absolute Gasteiger partial charge is 0.262 e. The monoisotopic (exact) mass is 384 g/mol. The Morgan fingerprint density at radius 2 is 1.96 bits per heavy atom. The largest absolute Gasteiger partial charge is 0.481 e. The molecule has 1 aliphatic rings. The molecule has 2 aromatic rings. The minimum atomic E-state index is -0.528. The highest BCUT2D eigenvalue weighted by molar-refractivity contribution is 7.17. The second-order valence-corrected chi connectivity index (χ2v) is 7.23. The normalized spacial score (nSPS) is 12.8. The van der Waals surface area contributed by atoms with Crippen LogP contribution in [-0.4, -0.2) is 18.4 Å². The van der Waals surface area contributed by atoms with E-state index in [1.165, 1.54) is 11.3 Å². The average molecular weight is 385 g/mol. The predicted molar refractivity (Wildman–Crippen MR) is 95.4 cm³/mol. The first kappa shape index (κ1) is 17.1. The molecule has 0 radical (unpaired) electrons. The Morgan fingerprint density at radius 1 is 1.25 bits per heavy atom. The number of fused-ring (bicyclic) bond motifs is 1. The zero-order valence-electron chi connectivity index (χ0n) is 12.5. The third-order valence-electron chi connectivity index (χ3n) is 3.69. The van der Waals surface area contributed by atoms with Crippen molar-refractivity contribution in [2.45, 2.75) is 19.3 Å². The molecule has 0 atom stereocenters. The van der Waals surface area contributed by atoms with Crippen LogP contribution >= 0.6 is 34.5 Å². The highest BCUT2D eigenvalue weighted by Crippen LogP contribution is 2.39. The standard InChI is InChI=1S/C16H14Cl2N2O3S/c17-9-4-2-5-10(18)14(9)23-7-12(21)20-16-13(15(19)22)8-3-1-6-11(8)24-16/h2,4-5H,1,3,6-7H2,(H2,19,22)(H,20,21). The first-order valence-electron chi connectivity index (χ1n) is 7.28. The second-order valence-electron chi connectivity index (χ2n) is 5.31. The second kappa shape index (κ2) is 7.01. The Kier molecular flexibility index (Phi) is 4.99. The summed E-state index contributed by atoms with van der Waals surface area (Å²) < 4.78 is 5.39. The molecule has 3 rings (SSSR count). The van der Waals surface area contributed by atoms with E-state index in [1.54, 1.807) is 18.2 Å². The van der Waals surface area contributed by atoms with Gasteiger partial charge in [0.15, 0.2) is 12.4 Å². The average Bonchev–Trinajstić information content (AvgIpc) is 3.06. The Labute approximate surface area is 152 Å². The minimum absolute atomic E-state index is 0.250. The zero-order valence-corrected chi connectivity index (χ0v) is 14.9. The van der Waals surface area contributed by atoms with Gasteiger partial charge in [-0.3, -0.25) is 9.59 Å². The number of ether oxygens (including phenoxy) is 1. The maximum Gasteiger partial charge on any atom is 0.262 e. The molecular formula is C16H14Cl2N2O3S. The number of benzene rings is 1. The molecule has 1 aliphatic carbocycles. The van der Waals surface area contributed by atoms with Gasteiger partial charge in [-0.2, -0.15) is 0 Å². The van der Waals surface area contributed by atoms with Gasteiger partial charge in [0, 0.05) is 4.88 Å². The number of carbonyl (C=O) groups is 2. The Balaban J connectivity index is 1.71. The van der Waals surface area contributed by atoms with Gasteiger partial charge in [-0.1, -0.05) is 29.3 Å². The summed E-state index contributed by atoms with van der Waals surface area (Å²) in [6, 6.07) is 4.93. The number of nitrogens with two attached hydrogens (primary N) is 1. The highest BCUT2D eigenvalue weighted by Gasteiger charge is 2.26. The van der Waals surface area contributed by atoms with Gasteiger partial charge >= 0.3 is 0 Å². The number of halogens is 2. The summed E-state index contributed by atoms with van der Waals surface area (Å²) in [4.78, 5) is 25.0. The zero-order chi connectivity index (χ0) is 17.3. The summed E-state index contributed by atoms with van der Waals surface area (Å²) in [6.45, 7) is -0.274. The molecule has 24 heavy (non-hydrogen) atoms. The van der Waals surface area contributed by atoms with Crippen molar-refractivity contribution in [1.82, 2.24) is 0 Å². The Morgan fingerprint density at radius 3 is 2.62 bits per heavy atom. The van der Waals surface area contributed by atoms with Crippen LogP contribution in [0.25, 0.3) is 0 Å². The van der Waals surface area contributed by atoms with Gasteiger partial charge in [-0.25, -0.2) is 0 Å². The molecule has 3 N–H and O–H groups in total. The number of hydrogen-bond acceptors (Lipinski definition) is 4. The summed E-state index contributed by atoms with van der Waals surface area (Å²) in [7, 11) is 0. The molecule has 0 aliphatic heterocycles. The first-order chi connectivity index (χ1) is 11.5. The minimum Gasteiger partial charge on any atom is -0.481 e. The van der Waals surface area contributed by atoms with Crippen molar-refractivity contribution >= 4 is 51.4 Å². The van der Waals surface area contributed by atoms with Gasteiger partial charge in [0.05, 0.1) is 15.6 Å². The fourth-order valence-electron chi connectivity index (χ4n) is 2.67. The van der Waals surface area contributed by atoms with Crippen LogP contribution in [0.15, 0.2) is 18.2 Å². The maximum absolute atomic E-state index is 12.1. The van der Waals surface area contributed by atoms with Gasteiger partial charge in [0.2, 0.25) is 0 Å². The van der Waals surface area contributed by atoms with Crippen LogP contribution in [0.1, 0.15) is 27.2 Å². The van der Waals surface area contributed by atoms with Crippen LogP contribution in [0.2, 0.25) is 10.0 Å². The number of hydrogen-bond donors (Lipinski definition) is 2. The molecule has 2 amide bonds. The topological polar surface area (TPSA) is 81.4 Å². The number of primary amides is 1. The molecule has 1 aromatic carbocycles. The van der Waals surface area contributed by atoms with Crippen LogP contribution < -0.4 is 15.8 Å². The number of amides is 2. The van der Waals surface area contributed by atoms with E-state index in [2.05, 4.69) is 5.32 Å². The van der Waals surface area contributed by atoms with E-state index in [9.17, 15) is 9.59 Å². The SMILES string of the molecule is NC(=O)c1c(NC(=O)COc2c(Cl)cccc2Cl)sc2c1CCC2. The molecule has 0 saturated heterocycles. The molecule has 8 heteroatoms. The van der Waals surface area contributed by atoms with E-state index in [1.807, 2.05) is 0 Å². The third kappa shape index (κ3) is 3.36. The van der Waals surface area contributed by atoms with Crippen LogP contribution in [0.3, 0.4) is 0 Å². The van der Waals surface area contributed by atoms with Gasteiger partial charge in [-0.15, -0.1) is 11.3 Å². The molecule has 126 valence electrons. The quantitative estimate of drug-likeness (QED) is 0.824. The lowest BCUT2D eigenvalue weighted by molar-refractivity contribution is -0.118. The lowest BCUT2D eigenvalue weighted by atomic mass is 10.1. The van der Waals surface area contributed by atoms with Crippen LogP contribution in [0.5, 0.6) is 5.75 Å². The molecule has 0 spiro atoms. The summed E-state index contributed by atoms with van der Waals surface area (Å²) in [5, 5.41) is 3.82. The van der Waals surface area contributed by atoms with Crippen molar-refractivity contribution in [3.05, 3.63) is 44.2 Å². The number of carbonyl (C=O) groups excluding carboxylic acids is 2. The van der Waals surface area contributed by atoms with E-state index < -0.39 is 11.8 Å². The maximum atomic E-state index is 12.1. The number of rotatable bonds is 5. The molecule has 0 fully saturated rings.